The molecule has 0 aliphatic carbocycles. The minimum Gasteiger partial charge on any atom is -0.325 e. The van der Waals surface area contributed by atoms with E-state index in [2.05, 4.69) is 5.32 Å². The molecule has 0 spiro atoms. The Morgan fingerprint density at radius 3 is 2.29 bits per heavy atom. The second-order valence-corrected chi connectivity index (χ2v) is 3.87. The molecular formula is C11H11F3N2O. The van der Waals surface area contributed by atoms with E-state index in [1.807, 2.05) is 0 Å². The van der Waals surface area contributed by atoms with E-state index in [0.717, 1.165) is 12.8 Å². The fourth-order valence-electron chi connectivity index (χ4n) is 1.73. The van der Waals surface area contributed by atoms with Crippen molar-refractivity contribution in [2.45, 2.75) is 12.8 Å². The monoisotopic (exact) mass is 244 g/mol. The van der Waals surface area contributed by atoms with E-state index < -0.39 is 23.5 Å². The van der Waals surface area contributed by atoms with Crippen LogP contribution in [-0.2, 0) is 0 Å². The van der Waals surface area contributed by atoms with Crippen LogP contribution >= 0.6 is 0 Å². The van der Waals surface area contributed by atoms with Crippen molar-refractivity contribution in [1.82, 2.24) is 4.90 Å². The van der Waals surface area contributed by atoms with Gasteiger partial charge in [-0.15, -0.1) is 0 Å². The van der Waals surface area contributed by atoms with Gasteiger partial charge in [-0.25, -0.2) is 18.0 Å². The Morgan fingerprint density at radius 1 is 1.06 bits per heavy atom. The highest BCUT2D eigenvalue weighted by Gasteiger charge is 2.19. The molecule has 1 N–H and O–H groups in total. The van der Waals surface area contributed by atoms with Crippen molar-refractivity contribution < 1.29 is 18.0 Å². The van der Waals surface area contributed by atoms with Gasteiger partial charge in [0.05, 0.1) is 5.69 Å². The van der Waals surface area contributed by atoms with E-state index in [9.17, 15) is 18.0 Å². The molecule has 17 heavy (non-hydrogen) atoms. The maximum absolute atomic E-state index is 13.2. The minimum atomic E-state index is -1.28. The number of nitrogens with zero attached hydrogens (tertiary/aromatic N) is 1. The van der Waals surface area contributed by atoms with Gasteiger partial charge in [-0.3, -0.25) is 0 Å². The lowest BCUT2D eigenvalue weighted by molar-refractivity contribution is 0.222. The van der Waals surface area contributed by atoms with Crippen molar-refractivity contribution in [3.8, 4) is 0 Å². The third-order valence-electron chi connectivity index (χ3n) is 2.64. The number of anilines is 1. The SMILES string of the molecule is O=C(Nc1cc(F)c(F)cc1F)N1CCCC1. The van der Waals surface area contributed by atoms with Crippen LogP contribution in [-0.4, -0.2) is 24.0 Å². The number of carbonyl (C=O) groups excluding carboxylic acids is 1. The molecule has 1 aromatic rings. The van der Waals surface area contributed by atoms with E-state index in [0.29, 0.717) is 25.2 Å². The van der Waals surface area contributed by atoms with Gasteiger partial charge in [-0.1, -0.05) is 0 Å². The molecule has 1 aliphatic rings. The zero-order chi connectivity index (χ0) is 12.4. The fraction of sp³-hybridized carbons (Fsp3) is 0.364. The zero-order valence-electron chi connectivity index (χ0n) is 8.97. The van der Waals surface area contributed by atoms with Crippen LogP contribution in [0, 0.1) is 17.5 Å². The highest BCUT2D eigenvalue weighted by atomic mass is 19.2. The number of halogens is 3. The first-order chi connectivity index (χ1) is 8.08. The summed E-state index contributed by atoms with van der Waals surface area (Å²) in [6.45, 7) is 1.19. The van der Waals surface area contributed by atoms with Gasteiger partial charge in [0.25, 0.3) is 0 Å². The first kappa shape index (κ1) is 11.8. The third kappa shape index (κ3) is 2.51. The van der Waals surface area contributed by atoms with Crippen LogP contribution in [0.3, 0.4) is 0 Å². The molecule has 2 amide bonds. The predicted molar refractivity (Wildman–Crippen MR) is 56.1 cm³/mol. The van der Waals surface area contributed by atoms with Crippen molar-refractivity contribution in [3.63, 3.8) is 0 Å². The van der Waals surface area contributed by atoms with Crippen LogP contribution in [0.25, 0.3) is 0 Å². The van der Waals surface area contributed by atoms with Crippen LogP contribution in [0.15, 0.2) is 12.1 Å². The number of hydrogen-bond donors (Lipinski definition) is 1. The first-order valence-corrected chi connectivity index (χ1v) is 5.28. The van der Waals surface area contributed by atoms with Crippen LogP contribution in [0.1, 0.15) is 12.8 Å². The van der Waals surface area contributed by atoms with Crippen LogP contribution in [0.2, 0.25) is 0 Å². The quantitative estimate of drug-likeness (QED) is 0.757. The second-order valence-electron chi connectivity index (χ2n) is 3.87. The van der Waals surface area contributed by atoms with Gasteiger partial charge in [0.2, 0.25) is 0 Å². The number of carbonyl (C=O) groups is 1. The molecule has 0 unspecified atom stereocenters. The first-order valence-electron chi connectivity index (χ1n) is 5.28. The average molecular weight is 244 g/mol. The molecule has 6 heteroatoms. The Kier molecular flexibility index (Phi) is 3.21. The molecule has 0 saturated carbocycles. The van der Waals surface area contributed by atoms with Gasteiger partial charge in [0.1, 0.15) is 5.82 Å². The summed E-state index contributed by atoms with van der Waals surface area (Å²) in [4.78, 5) is 13.1. The Hall–Kier alpha value is -1.72. The van der Waals surface area contributed by atoms with Gasteiger partial charge >= 0.3 is 6.03 Å². The van der Waals surface area contributed by atoms with E-state index in [1.54, 1.807) is 0 Å². The van der Waals surface area contributed by atoms with E-state index in [4.69, 9.17) is 0 Å². The van der Waals surface area contributed by atoms with Gasteiger partial charge in [-0.05, 0) is 12.8 Å². The van der Waals surface area contributed by atoms with Gasteiger partial charge in [0.15, 0.2) is 11.6 Å². The fourth-order valence-corrected chi connectivity index (χ4v) is 1.73. The zero-order valence-corrected chi connectivity index (χ0v) is 8.97. The number of rotatable bonds is 1. The van der Waals surface area contributed by atoms with E-state index in [1.165, 1.54) is 4.90 Å². The molecule has 92 valence electrons. The van der Waals surface area contributed by atoms with Crippen molar-refractivity contribution in [2.24, 2.45) is 0 Å². The van der Waals surface area contributed by atoms with Gasteiger partial charge in [0, 0.05) is 25.2 Å². The Bertz CT molecular complexity index is 445. The summed E-state index contributed by atoms with van der Waals surface area (Å²) in [6, 6.07) is 0.556. The second kappa shape index (κ2) is 4.65. The minimum absolute atomic E-state index is 0.346. The molecule has 0 aromatic heterocycles. The topological polar surface area (TPSA) is 32.3 Å². The smallest absolute Gasteiger partial charge is 0.321 e. The number of likely N-dealkylation sites (tertiary alicyclic amines) is 1. The lowest BCUT2D eigenvalue weighted by Gasteiger charge is -2.16. The maximum atomic E-state index is 13.2. The number of benzene rings is 1. The molecule has 1 aliphatic heterocycles. The molecule has 1 saturated heterocycles. The van der Waals surface area contributed by atoms with Crippen molar-refractivity contribution in [3.05, 3.63) is 29.6 Å². The predicted octanol–water partition coefficient (Wildman–Crippen LogP) is 2.73. The molecule has 1 fully saturated rings. The molecule has 1 heterocycles. The van der Waals surface area contributed by atoms with Crippen LogP contribution in [0.5, 0.6) is 0 Å². The third-order valence-corrected chi connectivity index (χ3v) is 2.64. The van der Waals surface area contributed by atoms with Gasteiger partial charge in [-0.2, -0.15) is 0 Å². The number of amides is 2. The summed E-state index contributed by atoms with van der Waals surface area (Å²) in [6.07, 6.45) is 1.79. The normalized spacial score (nSPS) is 15.1. The number of hydrogen-bond acceptors (Lipinski definition) is 1. The average Bonchev–Trinajstić information content (AvgIpc) is 2.79. The summed E-state index contributed by atoms with van der Waals surface area (Å²) in [5.41, 5.74) is -0.346. The van der Waals surface area contributed by atoms with Crippen molar-refractivity contribution in [1.29, 1.82) is 0 Å². The summed E-state index contributed by atoms with van der Waals surface area (Å²) >= 11 is 0. The highest BCUT2D eigenvalue weighted by molar-refractivity contribution is 5.89. The Labute approximate surface area is 96.2 Å². The summed E-state index contributed by atoms with van der Waals surface area (Å²) < 4.78 is 38.8. The molecule has 2 rings (SSSR count). The standard InChI is InChI=1S/C11H11F3N2O/c12-7-5-9(14)10(6-8(7)13)15-11(17)16-3-1-2-4-16/h5-6H,1-4H2,(H,15,17). The number of nitrogens with one attached hydrogen (secondary N) is 1. The van der Waals surface area contributed by atoms with Crippen LogP contribution < -0.4 is 5.32 Å². The number of urea groups is 1. The lowest BCUT2D eigenvalue weighted by Crippen LogP contribution is -2.32. The lowest BCUT2D eigenvalue weighted by atomic mass is 10.3. The van der Waals surface area contributed by atoms with Crippen molar-refractivity contribution >= 4 is 11.7 Å². The molecule has 0 bridgehead atoms. The Morgan fingerprint density at radius 2 is 1.65 bits per heavy atom. The Balaban J connectivity index is 2.12. The van der Waals surface area contributed by atoms with Crippen molar-refractivity contribution in [2.75, 3.05) is 18.4 Å². The van der Waals surface area contributed by atoms with E-state index in [-0.39, 0.29) is 5.69 Å². The van der Waals surface area contributed by atoms with E-state index >= 15 is 0 Å². The van der Waals surface area contributed by atoms with Gasteiger partial charge < -0.3 is 10.2 Å². The maximum Gasteiger partial charge on any atom is 0.321 e. The molecule has 0 radical (unpaired) electrons. The molecule has 0 atom stereocenters. The molecular weight excluding hydrogens is 233 g/mol. The summed E-state index contributed by atoms with van der Waals surface area (Å²) in [5.74, 6) is -3.46. The summed E-state index contributed by atoms with van der Waals surface area (Å²) in [5, 5.41) is 2.23. The summed E-state index contributed by atoms with van der Waals surface area (Å²) in [7, 11) is 0. The molecule has 3 nitrogen and oxygen atoms in total. The largest absolute Gasteiger partial charge is 0.325 e. The highest BCUT2D eigenvalue weighted by Crippen LogP contribution is 2.19. The molecule has 1 aromatic carbocycles. The van der Waals surface area contributed by atoms with Crippen LogP contribution in [0.4, 0.5) is 23.7 Å².